The molecule has 2 rings (SSSR count). The van der Waals surface area contributed by atoms with Gasteiger partial charge in [0, 0.05) is 16.3 Å². The van der Waals surface area contributed by atoms with E-state index in [1.54, 1.807) is 6.07 Å². The molecule has 0 aliphatic carbocycles. The molecule has 0 unspecified atom stereocenters. The highest BCUT2D eigenvalue weighted by molar-refractivity contribution is 8.01. The third-order valence-electron chi connectivity index (χ3n) is 2.53. The summed E-state index contributed by atoms with van der Waals surface area (Å²) in [6.07, 6.45) is 1.13. The molecule has 0 bridgehead atoms. The van der Waals surface area contributed by atoms with Gasteiger partial charge < -0.3 is 5.73 Å². The maximum absolute atomic E-state index is 12.6. The van der Waals surface area contributed by atoms with Gasteiger partial charge in [0.15, 0.2) is 0 Å². The average molecular weight is 327 g/mol. The molecule has 0 saturated heterocycles. The molecule has 0 aliphatic heterocycles. The summed E-state index contributed by atoms with van der Waals surface area (Å²) in [6, 6.07) is 9.68. The normalized spacial score (nSPS) is 11.3. The number of nitrogen functional groups attached to an aromatic ring is 1. The number of para-hydroxylation sites is 1. The summed E-state index contributed by atoms with van der Waals surface area (Å²) < 4.78 is 38.8. The number of rotatable bonds is 6. The first kappa shape index (κ1) is 15.6. The predicted molar refractivity (Wildman–Crippen MR) is 83.2 cm³/mol. The predicted octanol–water partition coefficient (Wildman–Crippen LogP) is 2.34. The van der Waals surface area contributed by atoms with Gasteiger partial charge in [0.05, 0.1) is 17.6 Å². The van der Waals surface area contributed by atoms with E-state index >= 15 is 0 Å². The number of hydrogen-bond donors (Lipinski definition) is 2. The number of aromatic nitrogens is 1. The minimum atomic E-state index is -3.50. The van der Waals surface area contributed by atoms with Crippen molar-refractivity contribution in [2.24, 2.45) is 0 Å². The molecule has 1 aromatic carbocycles. The number of hydrogen-bond acceptors (Lipinski definition) is 5. The van der Waals surface area contributed by atoms with Crippen LogP contribution in [0.2, 0.25) is 0 Å². The van der Waals surface area contributed by atoms with Gasteiger partial charge in [0.2, 0.25) is 16.0 Å². The van der Waals surface area contributed by atoms with E-state index in [1.165, 1.54) is 17.8 Å². The molecular weight excluding hydrogens is 313 g/mol. The SMILES string of the molecule is Nc1ccccc1SCCS(=O)(=O)Nc1ccc(F)nc1. The lowest BCUT2D eigenvalue weighted by Gasteiger charge is -2.08. The molecule has 0 aliphatic rings. The van der Waals surface area contributed by atoms with Gasteiger partial charge in [-0.1, -0.05) is 12.1 Å². The molecule has 0 spiro atoms. The zero-order chi connectivity index (χ0) is 15.3. The second-order valence-electron chi connectivity index (χ2n) is 4.18. The largest absolute Gasteiger partial charge is 0.398 e. The number of nitrogens with one attached hydrogen (secondary N) is 1. The Hall–Kier alpha value is -1.80. The highest BCUT2D eigenvalue weighted by Gasteiger charge is 2.11. The summed E-state index contributed by atoms with van der Waals surface area (Å²) in [4.78, 5) is 4.23. The van der Waals surface area contributed by atoms with Crippen LogP contribution in [0.1, 0.15) is 0 Å². The monoisotopic (exact) mass is 327 g/mol. The molecule has 5 nitrogen and oxygen atoms in total. The Balaban J connectivity index is 1.90. The van der Waals surface area contributed by atoms with Gasteiger partial charge in [-0.25, -0.2) is 13.4 Å². The first-order chi connectivity index (χ1) is 9.96. The van der Waals surface area contributed by atoms with Crippen molar-refractivity contribution in [2.45, 2.75) is 4.90 Å². The zero-order valence-corrected chi connectivity index (χ0v) is 12.6. The summed E-state index contributed by atoms with van der Waals surface area (Å²) in [6.45, 7) is 0. The van der Waals surface area contributed by atoms with Crippen LogP contribution in [-0.2, 0) is 10.0 Å². The van der Waals surface area contributed by atoms with Gasteiger partial charge in [0.1, 0.15) is 0 Å². The standard InChI is InChI=1S/C13H14FN3O2S2/c14-13-6-5-10(9-16-13)17-21(18,19)8-7-20-12-4-2-1-3-11(12)15/h1-6,9,17H,7-8,15H2. The van der Waals surface area contributed by atoms with E-state index < -0.39 is 16.0 Å². The van der Waals surface area contributed by atoms with Crippen LogP contribution < -0.4 is 10.5 Å². The fraction of sp³-hybridized carbons (Fsp3) is 0.154. The third-order valence-corrected chi connectivity index (χ3v) is 5.17. The summed E-state index contributed by atoms with van der Waals surface area (Å²) in [7, 11) is -3.50. The Morgan fingerprint density at radius 2 is 2.00 bits per heavy atom. The average Bonchev–Trinajstić information content (AvgIpc) is 2.43. The lowest BCUT2D eigenvalue weighted by molar-refractivity contribution is 0.583. The van der Waals surface area contributed by atoms with Crippen LogP contribution >= 0.6 is 11.8 Å². The lowest BCUT2D eigenvalue weighted by Crippen LogP contribution is -2.18. The highest BCUT2D eigenvalue weighted by atomic mass is 32.2. The summed E-state index contributed by atoms with van der Waals surface area (Å²) in [5.74, 6) is -0.380. The van der Waals surface area contributed by atoms with Crippen LogP contribution in [0, 0.1) is 5.95 Å². The number of nitrogens with two attached hydrogens (primary N) is 1. The Morgan fingerprint density at radius 1 is 1.24 bits per heavy atom. The Bertz CT molecular complexity index is 706. The van der Waals surface area contributed by atoms with Gasteiger partial charge in [-0.15, -0.1) is 11.8 Å². The van der Waals surface area contributed by atoms with Gasteiger partial charge >= 0.3 is 0 Å². The fourth-order valence-electron chi connectivity index (χ4n) is 1.54. The lowest BCUT2D eigenvalue weighted by atomic mass is 10.3. The van der Waals surface area contributed by atoms with E-state index in [1.807, 2.05) is 18.2 Å². The molecule has 8 heteroatoms. The van der Waals surface area contributed by atoms with Crippen LogP contribution in [0.15, 0.2) is 47.5 Å². The number of sulfonamides is 1. The molecule has 0 saturated carbocycles. The van der Waals surface area contributed by atoms with Crippen molar-refractivity contribution >= 4 is 33.2 Å². The van der Waals surface area contributed by atoms with Crippen LogP contribution in [0.25, 0.3) is 0 Å². The minimum Gasteiger partial charge on any atom is -0.398 e. The van der Waals surface area contributed by atoms with E-state index in [-0.39, 0.29) is 11.4 Å². The third kappa shape index (κ3) is 4.91. The number of halogens is 1. The molecule has 1 heterocycles. The Morgan fingerprint density at radius 3 is 2.67 bits per heavy atom. The molecule has 0 radical (unpaired) electrons. The number of nitrogens with zero attached hydrogens (tertiary/aromatic N) is 1. The second kappa shape index (κ2) is 6.77. The molecule has 3 N–H and O–H groups in total. The minimum absolute atomic E-state index is 0.0800. The van der Waals surface area contributed by atoms with E-state index in [4.69, 9.17) is 5.73 Å². The van der Waals surface area contributed by atoms with Crippen LogP contribution in [0.3, 0.4) is 0 Å². The topological polar surface area (TPSA) is 85.1 Å². The first-order valence-electron chi connectivity index (χ1n) is 6.06. The van der Waals surface area contributed by atoms with E-state index in [0.29, 0.717) is 11.4 Å². The molecule has 0 atom stereocenters. The van der Waals surface area contributed by atoms with Gasteiger partial charge in [-0.3, -0.25) is 4.72 Å². The van der Waals surface area contributed by atoms with Gasteiger partial charge in [-0.05, 0) is 24.3 Å². The van der Waals surface area contributed by atoms with Crippen molar-refractivity contribution < 1.29 is 12.8 Å². The van der Waals surface area contributed by atoms with Crippen molar-refractivity contribution in [3.05, 3.63) is 48.5 Å². The van der Waals surface area contributed by atoms with E-state index in [0.717, 1.165) is 17.2 Å². The maximum Gasteiger partial charge on any atom is 0.233 e. The maximum atomic E-state index is 12.6. The number of anilines is 2. The molecule has 21 heavy (non-hydrogen) atoms. The quantitative estimate of drug-likeness (QED) is 0.483. The van der Waals surface area contributed by atoms with Crippen molar-refractivity contribution in [3.8, 4) is 0 Å². The molecule has 1 aromatic heterocycles. The fourth-order valence-corrected chi connectivity index (χ4v) is 3.96. The summed E-state index contributed by atoms with van der Waals surface area (Å²) >= 11 is 1.37. The Labute approximate surface area is 126 Å². The molecule has 112 valence electrons. The highest BCUT2D eigenvalue weighted by Crippen LogP contribution is 2.24. The molecular formula is C13H14FN3O2S2. The Kier molecular flexibility index (Phi) is 5.03. The molecule has 2 aromatic rings. The van der Waals surface area contributed by atoms with E-state index in [2.05, 4.69) is 9.71 Å². The van der Waals surface area contributed by atoms with Crippen LogP contribution in [0.5, 0.6) is 0 Å². The number of pyridine rings is 1. The van der Waals surface area contributed by atoms with Crippen molar-refractivity contribution in [2.75, 3.05) is 22.0 Å². The molecule has 0 amide bonds. The number of thioether (sulfide) groups is 1. The summed E-state index contributed by atoms with van der Waals surface area (Å²) in [5.41, 5.74) is 6.64. The summed E-state index contributed by atoms with van der Waals surface area (Å²) in [5, 5.41) is 0. The smallest absolute Gasteiger partial charge is 0.233 e. The van der Waals surface area contributed by atoms with Gasteiger partial charge in [0.25, 0.3) is 0 Å². The first-order valence-corrected chi connectivity index (χ1v) is 8.69. The zero-order valence-electron chi connectivity index (χ0n) is 11.0. The van der Waals surface area contributed by atoms with Crippen molar-refractivity contribution in [3.63, 3.8) is 0 Å². The second-order valence-corrected chi connectivity index (χ2v) is 7.16. The molecule has 0 fully saturated rings. The van der Waals surface area contributed by atoms with Crippen LogP contribution in [0.4, 0.5) is 15.8 Å². The number of benzene rings is 1. The van der Waals surface area contributed by atoms with Crippen molar-refractivity contribution in [1.82, 2.24) is 4.98 Å². The van der Waals surface area contributed by atoms with Gasteiger partial charge in [-0.2, -0.15) is 4.39 Å². The van der Waals surface area contributed by atoms with E-state index in [9.17, 15) is 12.8 Å². The van der Waals surface area contributed by atoms with Crippen molar-refractivity contribution in [1.29, 1.82) is 0 Å². The van der Waals surface area contributed by atoms with Crippen LogP contribution in [-0.4, -0.2) is 24.9 Å².